The molecule has 0 aliphatic rings. The molecule has 1 atom stereocenters. The zero-order valence-electron chi connectivity index (χ0n) is 12.3. The number of hydrogen-bond donors (Lipinski definition) is 2. The molecule has 1 unspecified atom stereocenters. The lowest BCUT2D eigenvalue weighted by Gasteiger charge is -2.14. The second-order valence-corrected chi connectivity index (χ2v) is 7.86. The highest BCUT2D eigenvalue weighted by atomic mass is 79.9. The Bertz CT molecular complexity index is 797. The summed E-state index contributed by atoms with van der Waals surface area (Å²) in [5.74, 6) is -0.309. The van der Waals surface area contributed by atoms with Gasteiger partial charge in [-0.3, -0.25) is 9.89 Å². The number of amides is 1. The number of nitrogens with zero attached hydrogens (tertiary/aromatic N) is 1. The van der Waals surface area contributed by atoms with Crippen LogP contribution in [0.25, 0.3) is 0 Å². The van der Waals surface area contributed by atoms with Crippen molar-refractivity contribution < 1.29 is 13.2 Å². The van der Waals surface area contributed by atoms with Crippen LogP contribution in [0.4, 0.5) is 0 Å². The molecular formula is C14H16BrN3O3S. The summed E-state index contributed by atoms with van der Waals surface area (Å²) < 4.78 is 23.5. The predicted octanol–water partition coefficient (Wildman–Crippen LogP) is 2.38. The number of benzene rings is 1. The van der Waals surface area contributed by atoms with Crippen LogP contribution in [0.15, 0.2) is 33.6 Å². The molecule has 1 amide bonds. The summed E-state index contributed by atoms with van der Waals surface area (Å²) in [4.78, 5) is 12.4. The van der Waals surface area contributed by atoms with Gasteiger partial charge in [-0.05, 0) is 47.5 Å². The van der Waals surface area contributed by atoms with Gasteiger partial charge in [0.15, 0.2) is 15.5 Å². The Morgan fingerprint density at radius 1 is 1.32 bits per heavy atom. The SMILES string of the molecule is Cc1[nH]nc(C(=O)NC(C)c2ccc(S(C)(=O)=O)cc2)c1Br. The van der Waals surface area contributed by atoms with Crippen LogP contribution in [0, 0.1) is 6.92 Å². The van der Waals surface area contributed by atoms with Gasteiger partial charge in [0.1, 0.15) is 0 Å². The fourth-order valence-corrected chi connectivity index (χ4v) is 2.91. The van der Waals surface area contributed by atoms with Crippen molar-refractivity contribution >= 4 is 31.7 Å². The lowest BCUT2D eigenvalue weighted by molar-refractivity contribution is 0.0934. The summed E-state index contributed by atoms with van der Waals surface area (Å²) in [5, 5.41) is 9.50. The van der Waals surface area contributed by atoms with Gasteiger partial charge < -0.3 is 5.32 Å². The smallest absolute Gasteiger partial charge is 0.273 e. The van der Waals surface area contributed by atoms with Crippen LogP contribution >= 0.6 is 15.9 Å². The molecule has 2 N–H and O–H groups in total. The summed E-state index contributed by atoms with van der Waals surface area (Å²) in [6.45, 7) is 3.63. The predicted molar refractivity (Wildman–Crippen MR) is 86.5 cm³/mol. The highest BCUT2D eigenvalue weighted by Gasteiger charge is 2.18. The maximum Gasteiger partial charge on any atom is 0.273 e. The molecule has 1 aromatic heterocycles. The fraction of sp³-hybridized carbons (Fsp3) is 0.286. The lowest BCUT2D eigenvalue weighted by Crippen LogP contribution is -2.27. The van der Waals surface area contributed by atoms with Crippen molar-refractivity contribution in [2.75, 3.05) is 6.26 Å². The molecule has 8 heteroatoms. The van der Waals surface area contributed by atoms with E-state index >= 15 is 0 Å². The van der Waals surface area contributed by atoms with Crippen molar-refractivity contribution in [1.29, 1.82) is 0 Å². The van der Waals surface area contributed by atoms with Crippen LogP contribution in [-0.4, -0.2) is 30.8 Å². The van der Waals surface area contributed by atoms with Gasteiger partial charge in [0.05, 0.1) is 15.4 Å². The van der Waals surface area contributed by atoms with E-state index in [2.05, 4.69) is 31.4 Å². The molecule has 1 aromatic carbocycles. The van der Waals surface area contributed by atoms with Gasteiger partial charge in [0.25, 0.3) is 5.91 Å². The number of nitrogens with one attached hydrogen (secondary N) is 2. The number of H-pyrrole nitrogens is 1. The van der Waals surface area contributed by atoms with Crippen molar-refractivity contribution in [2.24, 2.45) is 0 Å². The van der Waals surface area contributed by atoms with E-state index in [1.54, 1.807) is 19.1 Å². The molecule has 2 rings (SSSR count). The number of carbonyl (C=O) groups excluding carboxylic acids is 1. The number of aromatic nitrogens is 2. The van der Waals surface area contributed by atoms with Gasteiger partial charge >= 0.3 is 0 Å². The van der Waals surface area contributed by atoms with Crippen molar-refractivity contribution in [3.63, 3.8) is 0 Å². The standard InChI is InChI=1S/C14H16BrN3O3S/c1-8(10-4-6-11(7-5-10)22(3,20)21)16-14(19)13-12(15)9(2)17-18-13/h4-8H,1-3H3,(H,16,19)(H,17,18). The first kappa shape index (κ1) is 16.7. The van der Waals surface area contributed by atoms with E-state index in [1.165, 1.54) is 12.1 Å². The van der Waals surface area contributed by atoms with Gasteiger partial charge in [0.2, 0.25) is 0 Å². The monoisotopic (exact) mass is 385 g/mol. The summed E-state index contributed by atoms with van der Waals surface area (Å²) in [5.41, 5.74) is 1.87. The third-order valence-corrected chi connectivity index (χ3v) is 5.34. The van der Waals surface area contributed by atoms with Crippen molar-refractivity contribution in [3.8, 4) is 0 Å². The third-order valence-electron chi connectivity index (χ3n) is 3.24. The van der Waals surface area contributed by atoms with E-state index < -0.39 is 9.84 Å². The second-order valence-electron chi connectivity index (χ2n) is 5.05. The maximum atomic E-state index is 12.2. The lowest BCUT2D eigenvalue weighted by atomic mass is 10.1. The molecule has 2 aromatic rings. The summed E-state index contributed by atoms with van der Waals surface area (Å²) in [6.07, 6.45) is 1.16. The van der Waals surface area contributed by atoms with Crippen molar-refractivity contribution in [2.45, 2.75) is 24.8 Å². The first-order chi connectivity index (χ1) is 10.2. The van der Waals surface area contributed by atoms with E-state index in [0.717, 1.165) is 17.5 Å². The maximum absolute atomic E-state index is 12.2. The van der Waals surface area contributed by atoms with Crippen LogP contribution in [0.5, 0.6) is 0 Å². The zero-order chi connectivity index (χ0) is 16.5. The molecule has 118 valence electrons. The van der Waals surface area contributed by atoms with E-state index in [1.807, 2.05) is 6.92 Å². The Kier molecular flexibility index (Phi) is 4.72. The third kappa shape index (κ3) is 3.56. The van der Waals surface area contributed by atoms with Crippen LogP contribution in [0.3, 0.4) is 0 Å². The number of sulfone groups is 1. The molecule has 0 saturated heterocycles. The number of aryl methyl sites for hydroxylation is 1. The van der Waals surface area contributed by atoms with Gasteiger partial charge in [0, 0.05) is 11.9 Å². The molecule has 0 aliphatic heterocycles. The number of rotatable bonds is 4. The molecule has 0 bridgehead atoms. The van der Waals surface area contributed by atoms with Gasteiger partial charge in [-0.15, -0.1) is 0 Å². The van der Waals surface area contributed by atoms with Crippen LogP contribution in [0.2, 0.25) is 0 Å². The van der Waals surface area contributed by atoms with Gasteiger partial charge in [-0.2, -0.15) is 5.10 Å². The molecule has 0 fully saturated rings. The van der Waals surface area contributed by atoms with Crippen LogP contribution in [-0.2, 0) is 9.84 Å². The minimum Gasteiger partial charge on any atom is -0.344 e. The minimum atomic E-state index is -3.22. The average molecular weight is 386 g/mol. The number of carbonyl (C=O) groups is 1. The molecule has 0 radical (unpaired) electrons. The minimum absolute atomic E-state index is 0.250. The molecule has 0 saturated carbocycles. The Morgan fingerprint density at radius 3 is 2.36 bits per heavy atom. The van der Waals surface area contributed by atoms with Crippen LogP contribution in [0.1, 0.15) is 34.7 Å². The van der Waals surface area contributed by atoms with E-state index in [4.69, 9.17) is 0 Å². The largest absolute Gasteiger partial charge is 0.344 e. The first-order valence-corrected chi connectivity index (χ1v) is 9.20. The Balaban J connectivity index is 2.14. The van der Waals surface area contributed by atoms with Crippen LogP contribution < -0.4 is 5.32 Å². The van der Waals surface area contributed by atoms with Crippen molar-refractivity contribution in [1.82, 2.24) is 15.5 Å². The second kappa shape index (κ2) is 6.21. The molecule has 6 nitrogen and oxygen atoms in total. The van der Waals surface area contributed by atoms with E-state index in [-0.39, 0.29) is 22.5 Å². The molecular weight excluding hydrogens is 370 g/mol. The van der Waals surface area contributed by atoms with Crippen molar-refractivity contribution in [3.05, 3.63) is 45.7 Å². The molecule has 0 spiro atoms. The summed E-state index contributed by atoms with van der Waals surface area (Å²) >= 11 is 3.31. The summed E-state index contributed by atoms with van der Waals surface area (Å²) in [7, 11) is -3.22. The topological polar surface area (TPSA) is 91.9 Å². The van der Waals surface area contributed by atoms with E-state index in [0.29, 0.717) is 4.47 Å². The number of halogens is 1. The van der Waals surface area contributed by atoms with E-state index in [9.17, 15) is 13.2 Å². The van der Waals surface area contributed by atoms with Gasteiger partial charge in [-0.1, -0.05) is 12.1 Å². The quantitative estimate of drug-likeness (QED) is 0.844. The fourth-order valence-electron chi connectivity index (χ4n) is 1.92. The first-order valence-electron chi connectivity index (χ1n) is 6.51. The summed E-state index contributed by atoms with van der Waals surface area (Å²) in [6, 6.07) is 6.16. The Hall–Kier alpha value is -1.67. The number of aromatic amines is 1. The zero-order valence-corrected chi connectivity index (χ0v) is 14.7. The number of hydrogen-bond acceptors (Lipinski definition) is 4. The Labute approximate surface area is 137 Å². The Morgan fingerprint density at radius 2 is 1.91 bits per heavy atom. The average Bonchev–Trinajstić information content (AvgIpc) is 2.78. The highest BCUT2D eigenvalue weighted by Crippen LogP contribution is 2.20. The highest BCUT2D eigenvalue weighted by molar-refractivity contribution is 9.10. The molecule has 22 heavy (non-hydrogen) atoms. The van der Waals surface area contributed by atoms with Gasteiger partial charge in [-0.25, -0.2) is 8.42 Å². The normalized spacial score (nSPS) is 12.9. The molecule has 1 heterocycles. The molecule has 0 aliphatic carbocycles.